The topological polar surface area (TPSA) is 66.9 Å². The Labute approximate surface area is 153 Å². The van der Waals surface area contributed by atoms with Gasteiger partial charge >= 0.3 is 0 Å². The van der Waals surface area contributed by atoms with Gasteiger partial charge in [-0.2, -0.15) is 0 Å². The van der Waals surface area contributed by atoms with Gasteiger partial charge in [0.1, 0.15) is 11.5 Å². The lowest BCUT2D eigenvalue weighted by atomic mass is 10.2. The lowest BCUT2D eigenvalue weighted by molar-refractivity contribution is 0.102. The van der Waals surface area contributed by atoms with Crippen LogP contribution < -0.4 is 10.6 Å². The summed E-state index contributed by atoms with van der Waals surface area (Å²) in [7, 11) is 0. The Hall–Kier alpha value is -3.21. The van der Waals surface area contributed by atoms with Crippen molar-refractivity contribution in [2.75, 3.05) is 17.2 Å². The fourth-order valence-corrected chi connectivity index (χ4v) is 2.40. The number of rotatable bonds is 6. The van der Waals surface area contributed by atoms with Crippen LogP contribution in [0.4, 0.5) is 11.5 Å². The Balaban J connectivity index is 1.92. The predicted molar refractivity (Wildman–Crippen MR) is 105 cm³/mol. The number of aromatic nitrogens is 2. The van der Waals surface area contributed by atoms with E-state index in [1.807, 2.05) is 60.7 Å². The first-order chi connectivity index (χ1) is 12.6. The highest BCUT2D eigenvalue weighted by molar-refractivity contribution is 6.03. The van der Waals surface area contributed by atoms with Crippen LogP contribution in [0.1, 0.15) is 24.3 Å². The maximum Gasteiger partial charge on any atom is 0.274 e. The quantitative estimate of drug-likeness (QED) is 0.691. The van der Waals surface area contributed by atoms with Crippen molar-refractivity contribution in [1.82, 2.24) is 9.97 Å². The molecule has 1 amide bonds. The first-order valence-corrected chi connectivity index (χ1v) is 8.66. The van der Waals surface area contributed by atoms with E-state index in [1.54, 1.807) is 6.07 Å². The third-order valence-electron chi connectivity index (χ3n) is 3.71. The smallest absolute Gasteiger partial charge is 0.274 e. The standard InChI is InChI=1S/C21H22N4O/c1-15(2)14-22-19-13-18(21(26)23-17-11-7-4-8-12-17)24-20(25-19)16-9-5-3-6-10-16/h3-13,15H,14H2,1-2H3,(H,23,26)(H,22,24,25). The number of hydrogen-bond donors (Lipinski definition) is 2. The van der Waals surface area contributed by atoms with Crippen molar-refractivity contribution < 1.29 is 4.79 Å². The van der Waals surface area contributed by atoms with Gasteiger partial charge in [-0.25, -0.2) is 9.97 Å². The predicted octanol–water partition coefficient (Wildman–Crippen LogP) is 4.46. The summed E-state index contributed by atoms with van der Waals surface area (Å²) in [6, 6.07) is 20.7. The number of amides is 1. The number of nitrogens with zero attached hydrogens (tertiary/aromatic N) is 2. The van der Waals surface area contributed by atoms with Crippen molar-refractivity contribution in [3.63, 3.8) is 0 Å². The highest BCUT2D eigenvalue weighted by Crippen LogP contribution is 2.19. The van der Waals surface area contributed by atoms with E-state index in [0.29, 0.717) is 23.3 Å². The Morgan fingerprint density at radius 3 is 2.27 bits per heavy atom. The van der Waals surface area contributed by atoms with E-state index in [4.69, 9.17) is 0 Å². The SMILES string of the molecule is CC(C)CNc1cc(C(=O)Nc2ccccc2)nc(-c2ccccc2)n1. The van der Waals surface area contributed by atoms with E-state index in [0.717, 1.165) is 17.8 Å². The van der Waals surface area contributed by atoms with E-state index in [9.17, 15) is 4.79 Å². The van der Waals surface area contributed by atoms with Crippen LogP contribution in [0.3, 0.4) is 0 Å². The summed E-state index contributed by atoms with van der Waals surface area (Å²) in [6.45, 7) is 5.01. The van der Waals surface area contributed by atoms with Gasteiger partial charge in [0.25, 0.3) is 5.91 Å². The second-order valence-corrected chi connectivity index (χ2v) is 6.42. The molecule has 0 spiro atoms. The molecule has 0 unspecified atom stereocenters. The highest BCUT2D eigenvalue weighted by Gasteiger charge is 2.13. The van der Waals surface area contributed by atoms with Gasteiger partial charge in [-0.1, -0.05) is 62.4 Å². The number of para-hydroxylation sites is 1. The summed E-state index contributed by atoms with van der Waals surface area (Å²) in [5, 5.41) is 6.15. The largest absolute Gasteiger partial charge is 0.370 e. The van der Waals surface area contributed by atoms with Crippen molar-refractivity contribution in [2.45, 2.75) is 13.8 Å². The van der Waals surface area contributed by atoms with Gasteiger partial charge in [0.2, 0.25) is 0 Å². The molecule has 0 saturated heterocycles. The van der Waals surface area contributed by atoms with Crippen molar-refractivity contribution in [3.05, 3.63) is 72.4 Å². The monoisotopic (exact) mass is 346 g/mol. The van der Waals surface area contributed by atoms with Crippen molar-refractivity contribution in [1.29, 1.82) is 0 Å². The third-order valence-corrected chi connectivity index (χ3v) is 3.71. The molecule has 0 fully saturated rings. The summed E-state index contributed by atoms with van der Waals surface area (Å²) < 4.78 is 0. The Morgan fingerprint density at radius 1 is 0.962 bits per heavy atom. The zero-order valence-electron chi connectivity index (χ0n) is 14.9. The molecule has 0 aliphatic rings. The van der Waals surface area contributed by atoms with Crippen LogP contribution >= 0.6 is 0 Å². The van der Waals surface area contributed by atoms with Crippen LogP contribution in [0.15, 0.2) is 66.7 Å². The normalized spacial score (nSPS) is 10.6. The van der Waals surface area contributed by atoms with Crippen molar-refractivity contribution in [2.24, 2.45) is 5.92 Å². The molecule has 5 heteroatoms. The van der Waals surface area contributed by atoms with Gasteiger partial charge in [-0.3, -0.25) is 4.79 Å². The van der Waals surface area contributed by atoms with Crippen LogP contribution in [-0.2, 0) is 0 Å². The molecule has 0 radical (unpaired) electrons. The van der Waals surface area contributed by atoms with E-state index in [1.165, 1.54) is 0 Å². The first-order valence-electron chi connectivity index (χ1n) is 8.66. The van der Waals surface area contributed by atoms with Gasteiger partial charge in [-0.05, 0) is 18.1 Å². The molecular weight excluding hydrogens is 324 g/mol. The fraction of sp³-hybridized carbons (Fsp3) is 0.190. The average Bonchev–Trinajstić information content (AvgIpc) is 2.67. The van der Waals surface area contributed by atoms with Crippen molar-refractivity contribution in [3.8, 4) is 11.4 Å². The summed E-state index contributed by atoms with van der Waals surface area (Å²) in [5.74, 6) is 1.37. The number of benzene rings is 2. The molecule has 0 bridgehead atoms. The molecule has 0 aliphatic carbocycles. The molecule has 0 saturated carbocycles. The number of nitrogens with one attached hydrogen (secondary N) is 2. The summed E-state index contributed by atoms with van der Waals surface area (Å²) in [6.07, 6.45) is 0. The summed E-state index contributed by atoms with van der Waals surface area (Å²) >= 11 is 0. The van der Waals surface area contributed by atoms with Crippen LogP contribution in [0.25, 0.3) is 11.4 Å². The highest BCUT2D eigenvalue weighted by atomic mass is 16.1. The molecule has 1 aromatic heterocycles. The van der Waals surface area contributed by atoms with E-state index in [-0.39, 0.29) is 5.91 Å². The van der Waals surface area contributed by atoms with Crippen LogP contribution in [0, 0.1) is 5.92 Å². The molecule has 5 nitrogen and oxygen atoms in total. The minimum Gasteiger partial charge on any atom is -0.370 e. The van der Waals surface area contributed by atoms with E-state index < -0.39 is 0 Å². The zero-order chi connectivity index (χ0) is 18.4. The molecule has 0 aliphatic heterocycles. The lowest BCUT2D eigenvalue weighted by Crippen LogP contribution is -2.16. The van der Waals surface area contributed by atoms with Gasteiger partial charge in [0.05, 0.1) is 0 Å². The average molecular weight is 346 g/mol. The number of anilines is 2. The Bertz CT molecular complexity index is 864. The Morgan fingerprint density at radius 2 is 1.62 bits per heavy atom. The molecule has 3 rings (SSSR count). The Kier molecular flexibility index (Phi) is 5.59. The second kappa shape index (κ2) is 8.25. The maximum absolute atomic E-state index is 12.7. The number of carbonyl (C=O) groups excluding carboxylic acids is 1. The van der Waals surface area contributed by atoms with E-state index in [2.05, 4.69) is 34.4 Å². The molecule has 2 N–H and O–H groups in total. The van der Waals surface area contributed by atoms with Crippen LogP contribution in [0.2, 0.25) is 0 Å². The number of hydrogen-bond acceptors (Lipinski definition) is 4. The minimum atomic E-state index is -0.261. The zero-order valence-corrected chi connectivity index (χ0v) is 14.9. The van der Waals surface area contributed by atoms with Crippen LogP contribution in [-0.4, -0.2) is 22.4 Å². The van der Waals surface area contributed by atoms with E-state index >= 15 is 0 Å². The minimum absolute atomic E-state index is 0.261. The first kappa shape index (κ1) is 17.6. The van der Waals surface area contributed by atoms with Gasteiger partial charge in [0, 0.05) is 23.9 Å². The van der Waals surface area contributed by atoms with Crippen molar-refractivity contribution >= 4 is 17.4 Å². The van der Waals surface area contributed by atoms with Crippen LogP contribution in [0.5, 0.6) is 0 Å². The molecule has 0 atom stereocenters. The molecular formula is C21H22N4O. The maximum atomic E-state index is 12.7. The lowest BCUT2D eigenvalue weighted by Gasteiger charge is -2.12. The number of carbonyl (C=O) groups is 1. The van der Waals surface area contributed by atoms with Gasteiger partial charge in [0.15, 0.2) is 5.82 Å². The summed E-state index contributed by atoms with van der Waals surface area (Å²) in [5.41, 5.74) is 1.93. The molecule has 2 aromatic carbocycles. The second-order valence-electron chi connectivity index (χ2n) is 6.42. The molecule has 3 aromatic rings. The van der Waals surface area contributed by atoms with Gasteiger partial charge in [-0.15, -0.1) is 0 Å². The molecule has 26 heavy (non-hydrogen) atoms. The molecule has 1 heterocycles. The fourth-order valence-electron chi connectivity index (χ4n) is 2.40. The van der Waals surface area contributed by atoms with Gasteiger partial charge < -0.3 is 10.6 Å². The summed E-state index contributed by atoms with van der Waals surface area (Å²) in [4.78, 5) is 21.7. The molecule has 132 valence electrons. The third kappa shape index (κ3) is 4.66.